The van der Waals surface area contributed by atoms with Gasteiger partial charge in [-0.2, -0.15) is 11.8 Å². The molecular formula is C11H13FN2OS2. The van der Waals surface area contributed by atoms with E-state index in [4.69, 9.17) is 0 Å². The minimum atomic E-state index is -0.291. The van der Waals surface area contributed by atoms with Crippen LogP contribution in [0.2, 0.25) is 0 Å². The minimum absolute atomic E-state index is 0.00157. The summed E-state index contributed by atoms with van der Waals surface area (Å²) in [4.78, 5) is 11.8. The van der Waals surface area contributed by atoms with Crippen LogP contribution >= 0.6 is 23.5 Å². The Bertz CT molecular complexity index is 380. The highest BCUT2D eigenvalue weighted by Gasteiger charge is 2.21. The average molecular weight is 272 g/mol. The molecule has 3 nitrogen and oxygen atoms in total. The topological polar surface area (TPSA) is 41.1 Å². The molecule has 1 aromatic carbocycles. The van der Waals surface area contributed by atoms with Crippen molar-refractivity contribution in [3.05, 3.63) is 30.1 Å². The summed E-state index contributed by atoms with van der Waals surface area (Å²) in [6, 6.07) is 5.86. The van der Waals surface area contributed by atoms with Crippen LogP contribution in [-0.2, 0) is 4.79 Å². The number of halogens is 1. The average Bonchev–Trinajstić information content (AvgIpc) is 2.39. The first-order chi connectivity index (χ1) is 8.25. The molecule has 0 aliphatic carbocycles. The number of carbonyl (C=O) groups is 1. The maximum absolute atomic E-state index is 12.7. The molecule has 0 aromatic heterocycles. The van der Waals surface area contributed by atoms with Gasteiger partial charge in [0.05, 0.1) is 10.9 Å². The summed E-state index contributed by atoms with van der Waals surface area (Å²) in [5, 5.41) is 0.00157. The Morgan fingerprint density at radius 3 is 2.71 bits per heavy atom. The zero-order chi connectivity index (χ0) is 12.1. The highest BCUT2D eigenvalue weighted by Crippen LogP contribution is 2.23. The molecule has 1 atom stereocenters. The van der Waals surface area contributed by atoms with Crippen molar-refractivity contribution in [1.82, 2.24) is 5.43 Å². The van der Waals surface area contributed by atoms with Gasteiger partial charge in [-0.25, -0.2) is 4.39 Å². The van der Waals surface area contributed by atoms with Crippen LogP contribution in [0.25, 0.3) is 0 Å². The number of carbonyl (C=O) groups excluding carboxylic acids is 1. The van der Waals surface area contributed by atoms with E-state index in [1.807, 2.05) is 0 Å². The Morgan fingerprint density at radius 2 is 2.06 bits per heavy atom. The van der Waals surface area contributed by atoms with E-state index in [1.54, 1.807) is 35.7 Å². The first kappa shape index (κ1) is 12.6. The third kappa shape index (κ3) is 3.81. The number of benzene rings is 1. The number of hydrogen-bond acceptors (Lipinski definition) is 4. The van der Waals surface area contributed by atoms with Gasteiger partial charge < -0.3 is 0 Å². The van der Waals surface area contributed by atoms with Crippen molar-refractivity contribution in [2.24, 2.45) is 0 Å². The lowest BCUT2D eigenvalue weighted by Gasteiger charge is -2.20. The second-order valence-corrected chi connectivity index (χ2v) is 6.02. The second kappa shape index (κ2) is 6.16. The molecule has 1 amide bonds. The molecule has 0 radical (unpaired) electrons. The Labute approximate surface area is 108 Å². The number of hydrazine groups is 1. The van der Waals surface area contributed by atoms with Gasteiger partial charge in [-0.1, -0.05) is 0 Å². The molecular weight excluding hydrogens is 259 g/mol. The molecule has 0 saturated carbocycles. The van der Waals surface area contributed by atoms with Gasteiger partial charge in [-0.3, -0.25) is 15.6 Å². The van der Waals surface area contributed by atoms with E-state index in [-0.39, 0.29) is 17.0 Å². The van der Waals surface area contributed by atoms with Gasteiger partial charge in [0.1, 0.15) is 5.82 Å². The SMILES string of the molecule is O=C(NNc1ccc(F)cc1)C1CSCCS1. The molecule has 1 aliphatic rings. The molecule has 1 fully saturated rings. The number of hydrogen-bond donors (Lipinski definition) is 2. The van der Waals surface area contributed by atoms with Crippen molar-refractivity contribution in [3.63, 3.8) is 0 Å². The normalized spacial score (nSPS) is 19.7. The maximum atomic E-state index is 12.7. The lowest BCUT2D eigenvalue weighted by molar-refractivity contribution is -0.119. The number of thioether (sulfide) groups is 2. The highest BCUT2D eigenvalue weighted by atomic mass is 32.2. The standard InChI is InChI=1S/C11H13FN2OS2/c12-8-1-3-9(4-2-8)13-14-11(15)10-7-16-5-6-17-10/h1-4,10,13H,5-7H2,(H,14,15). The van der Waals surface area contributed by atoms with E-state index < -0.39 is 0 Å². The van der Waals surface area contributed by atoms with E-state index >= 15 is 0 Å². The van der Waals surface area contributed by atoms with Gasteiger partial charge in [0.25, 0.3) is 5.91 Å². The fourth-order valence-electron chi connectivity index (χ4n) is 1.39. The van der Waals surface area contributed by atoms with E-state index in [2.05, 4.69) is 10.9 Å². The smallest absolute Gasteiger partial charge is 0.252 e. The largest absolute Gasteiger partial charge is 0.299 e. The Hall–Kier alpha value is -0.880. The molecule has 0 spiro atoms. The van der Waals surface area contributed by atoms with Crippen LogP contribution in [0.15, 0.2) is 24.3 Å². The van der Waals surface area contributed by atoms with Crippen molar-refractivity contribution < 1.29 is 9.18 Å². The summed E-state index contributed by atoms with van der Waals surface area (Å²) in [6.45, 7) is 0. The Morgan fingerprint density at radius 1 is 1.29 bits per heavy atom. The fourth-order valence-corrected chi connectivity index (χ4v) is 3.94. The van der Waals surface area contributed by atoms with Gasteiger partial charge in [-0.05, 0) is 24.3 Å². The first-order valence-corrected chi connectivity index (χ1v) is 7.47. The molecule has 2 rings (SSSR count). The molecule has 1 heterocycles. The summed E-state index contributed by atoms with van der Waals surface area (Å²) in [6.07, 6.45) is 0. The lowest BCUT2D eigenvalue weighted by Crippen LogP contribution is -2.39. The molecule has 92 valence electrons. The zero-order valence-electron chi connectivity index (χ0n) is 9.11. The van der Waals surface area contributed by atoms with Crippen LogP contribution in [0, 0.1) is 5.82 Å². The maximum Gasteiger partial charge on any atom is 0.252 e. The number of rotatable bonds is 3. The number of nitrogens with one attached hydrogen (secondary N) is 2. The van der Waals surface area contributed by atoms with Crippen molar-refractivity contribution in [2.75, 3.05) is 22.7 Å². The van der Waals surface area contributed by atoms with Gasteiger partial charge in [0, 0.05) is 17.3 Å². The highest BCUT2D eigenvalue weighted by molar-refractivity contribution is 8.07. The molecule has 1 unspecified atom stereocenters. The van der Waals surface area contributed by atoms with Crippen molar-refractivity contribution in [3.8, 4) is 0 Å². The second-order valence-electron chi connectivity index (χ2n) is 3.56. The van der Waals surface area contributed by atoms with Crippen LogP contribution in [0.5, 0.6) is 0 Å². The lowest BCUT2D eigenvalue weighted by atomic mass is 10.3. The summed E-state index contributed by atoms with van der Waals surface area (Å²) in [5.74, 6) is 2.66. The van der Waals surface area contributed by atoms with E-state index in [9.17, 15) is 9.18 Å². The number of anilines is 1. The van der Waals surface area contributed by atoms with E-state index in [1.165, 1.54) is 12.1 Å². The van der Waals surface area contributed by atoms with Crippen LogP contribution in [0.4, 0.5) is 10.1 Å². The molecule has 17 heavy (non-hydrogen) atoms. The monoisotopic (exact) mass is 272 g/mol. The summed E-state index contributed by atoms with van der Waals surface area (Å²) < 4.78 is 12.7. The van der Waals surface area contributed by atoms with Crippen LogP contribution in [0.1, 0.15) is 0 Å². The summed E-state index contributed by atoms with van der Waals surface area (Å²) in [5.41, 5.74) is 6.10. The van der Waals surface area contributed by atoms with Crippen LogP contribution in [0.3, 0.4) is 0 Å². The molecule has 0 bridgehead atoms. The Balaban J connectivity index is 1.81. The first-order valence-electron chi connectivity index (χ1n) is 5.26. The van der Waals surface area contributed by atoms with Gasteiger partial charge in [0.15, 0.2) is 0 Å². The Kier molecular flexibility index (Phi) is 4.56. The van der Waals surface area contributed by atoms with Gasteiger partial charge in [0.2, 0.25) is 0 Å². The van der Waals surface area contributed by atoms with E-state index in [0.29, 0.717) is 5.69 Å². The fraction of sp³-hybridized carbons (Fsp3) is 0.364. The molecule has 1 aliphatic heterocycles. The van der Waals surface area contributed by atoms with Crippen molar-refractivity contribution in [2.45, 2.75) is 5.25 Å². The van der Waals surface area contributed by atoms with Crippen molar-refractivity contribution in [1.29, 1.82) is 0 Å². The quantitative estimate of drug-likeness (QED) is 0.827. The predicted molar refractivity (Wildman–Crippen MR) is 71.7 cm³/mol. The van der Waals surface area contributed by atoms with Gasteiger partial charge >= 0.3 is 0 Å². The third-order valence-electron chi connectivity index (χ3n) is 2.28. The molecule has 1 aromatic rings. The molecule has 1 saturated heterocycles. The minimum Gasteiger partial charge on any atom is -0.299 e. The van der Waals surface area contributed by atoms with Crippen LogP contribution < -0.4 is 10.9 Å². The zero-order valence-corrected chi connectivity index (χ0v) is 10.7. The summed E-state index contributed by atoms with van der Waals surface area (Å²) >= 11 is 3.47. The predicted octanol–water partition coefficient (Wildman–Crippen LogP) is 2.12. The molecule has 6 heteroatoms. The molecule has 2 N–H and O–H groups in total. The summed E-state index contributed by atoms with van der Waals surface area (Å²) in [7, 11) is 0. The third-order valence-corrected chi connectivity index (χ3v) is 5.04. The van der Waals surface area contributed by atoms with Crippen molar-refractivity contribution >= 4 is 35.1 Å². The van der Waals surface area contributed by atoms with Crippen LogP contribution in [-0.4, -0.2) is 28.4 Å². The number of amides is 1. The van der Waals surface area contributed by atoms with Gasteiger partial charge in [-0.15, -0.1) is 11.8 Å². The van der Waals surface area contributed by atoms with E-state index in [0.717, 1.165) is 17.3 Å².